The van der Waals surface area contributed by atoms with Gasteiger partial charge in [0.15, 0.2) is 0 Å². The molecule has 0 unspecified atom stereocenters. The van der Waals surface area contributed by atoms with Crippen LogP contribution in [0.15, 0.2) is 48.7 Å². The molecule has 7 nitrogen and oxygen atoms in total. The zero-order valence-electron chi connectivity index (χ0n) is 17.2. The Balaban J connectivity index is 1.35. The van der Waals surface area contributed by atoms with E-state index < -0.39 is 0 Å². The predicted octanol–water partition coefficient (Wildman–Crippen LogP) is 2.10. The average Bonchev–Trinajstić information content (AvgIpc) is 3.27. The molecule has 0 bridgehead atoms. The molecule has 2 saturated heterocycles. The summed E-state index contributed by atoms with van der Waals surface area (Å²) in [6.07, 6.45) is 5.07. The molecule has 2 aromatic rings. The van der Waals surface area contributed by atoms with Gasteiger partial charge in [0.25, 0.3) is 11.8 Å². The van der Waals surface area contributed by atoms with E-state index in [1.807, 2.05) is 41.3 Å². The first-order valence-corrected chi connectivity index (χ1v) is 10.7. The Morgan fingerprint density at radius 3 is 1.97 bits per heavy atom. The maximum Gasteiger partial charge on any atom is 0.270 e. The minimum Gasteiger partial charge on any atom is -0.341 e. The van der Waals surface area contributed by atoms with E-state index in [0.29, 0.717) is 37.4 Å². The number of amides is 3. The van der Waals surface area contributed by atoms with Gasteiger partial charge in [0.1, 0.15) is 12.2 Å². The molecule has 0 N–H and O–H groups in total. The zero-order chi connectivity index (χ0) is 20.9. The van der Waals surface area contributed by atoms with Gasteiger partial charge in [-0.1, -0.05) is 18.2 Å². The molecule has 7 heteroatoms. The van der Waals surface area contributed by atoms with Gasteiger partial charge in [-0.25, -0.2) is 0 Å². The molecule has 0 radical (unpaired) electrons. The van der Waals surface area contributed by atoms with Gasteiger partial charge in [-0.05, 0) is 43.5 Å². The molecule has 3 amide bonds. The number of piperidine rings is 1. The Kier molecular flexibility index (Phi) is 6.16. The highest BCUT2D eigenvalue weighted by atomic mass is 16.2. The van der Waals surface area contributed by atoms with E-state index in [1.165, 1.54) is 6.42 Å². The SMILES string of the molecule is O=C(Cn1cccc1C(=O)N1CCN(C(=O)c2ccccc2)CC1)N1CCCCC1. The van der Waals surface area contributed by atoms with Gasteiger partial charge in [0.05, 0.1) is 0 Å². The monoisotopic (exact) mass is 408 g/mol. The van der Waals surface area contributed by atoms with Crippen LogP contribution >= 0.6 is 0 Å². The number of benzene rings is 1. The number of aromatic nitrogens is 1. The summed E-state index contributed by atoms with van der Waals surface area (Å²) in [5, 5.41) is 0. The number of nitrogens with zero attached hydrogens (tertiary/aromatic N) is 4. The molecule has 0 atom stereocenters. The predicted molar refractivity (Wildman–Crippen MR) is 113 cm³/mol. The minimum absolute atomic E-state index is 0.00166. The van der Waals surface area contributed by atoms with Crippen molar-refractivity contribution in [3.05, 3.63) is 59.9 Å². The summed E-state index contributed by atoms with van der Waals surface area (Å²) in [5.41, 5.74) is 1.20. The quantitative estimate of drug-likeness (QED) is 0.778. The van der Waals surface area contributed by atoms with Crippen LogP contribution in [0, 0.1) is 0 Å². The van der Waals surface area contributed by atoms with Crippen LogP contribution in [-0.2, 0) is 11.3 Å². The van der Waals surface area contributed by atoms with Crippen LogP contribution < -0.4 is 0 Å². The van der Waals surface area contributed by atoms with Crippen molar-refractivity contribution in [2.45, 2.75) is 25.8 Å². The highest BCUT2D eigenvalue weighted by molar-refractivity contribution is 5.95. The molecule has 4 rings (SSSR count). The fraction of sp³-hybridized carbons (Fsp3) is 0.435. The lowest BCUT2D eigenvalue weighted by Gasteiger charge is -2.35. The molecule has 1 aromatic heterocycles. The van der Waals surface area contributed by atoms with Crippen molar-refractivity contribution in [1.82, 2.24) is 19.3 Å². The summed E-state index contributed by atoms with van der Waals surface area (Å²) >= 11 is 0. The van der Waals surface area contributed by atoms with Crippen molar-refractivity contribution in [3.8, 4) is 0 Å². The van der Waals surface area contributed by atoms with Crippen LogP contribution in [0.25, 0.3) is 0 Å². The maximum absolute atomic E-state index is 13.1. The normalized spacial score (nSPS) is 17.1. The number of piperazine rings is 1. The Morgan fingerprint density at radius 1 is 0.667 bits per heavy atom. The second kappa shape index (κ2) is 9.15. The number of carbonyl (C=O) groups is 3. The number of hydrogen-bond acceptors (Lipinski definition) is 3. The number of rotatable bonds is 4. The summed E-state index contributed by atoms with van der Waals surface area (Å²) in [6.45, 7) is 3.80. The molecule has 3 heterocycles. The van der Waals surface area contributed by atoms with Gasteiger partial charge in [-0.2, -0.15) is 0 Å². The second-order valence-electron chi connectivity index (χ2n) is 7.91. The Bertz CT molecular complexity index is 894. The molecule has 2 fully saturated rings. The van der Waals surface area contributed by atoms with Gasteiger partial charge in [-0.3, -0.25) is 14.4 Å². The van der Waals surface area contributed by atoms with Gasteiger partial charge in [0.2, 0.25) is 5.91 Å². The van der Waals surface area contributed by atoms with Gasteiger partial charge in [-0.15, -0.1) is 0 Å². The zero-order valence-corrected chi connectivity index (χ0v) is 17.2. The summed E-state index contributed by atoms with van der Waals surface area (Å²) in [6, 6.07) is 12.8. The summed E-state index contributed by atoms with van der Waals surface area (Å²) < 4.78 is 1.75. The minimum atomic E-state index is -0.0849. The van der Waals surface area contributed by atoms with Crippen LogP contribution in [0.3, 0.4) is 0 Å². The first-order valence-electron chi connectivity index (χ1n) is 10.7. The first kappa shape index (κ1) is 20.2. The van der Waals surface area contributed by atoms with Gasteiger partial charge < -0.3 is 19.3 Å². The van der Waals surface area contributed by atoms with E-state index in [9.17, 15) is 14.4 Å². The third-order valence-corrected chi connectivity index (χ3v) is 5.94. The van der Waals surface area contributed by atoms with E-state index in [4.69, 9.17) is 0 Å². The summed E-state index contributed by atoms with van der Waals surface area (Å²) in [5.74, 6) is -0.0188. The van der Waals surface area contributed by atoms with Crippen molar-refractivity contribution < 1.29 is 14.4 Å². The molecule has 158 valence electrons. The lowest BCUT2D eigenvalue weighted by molar-refractivity contribution is -0.132. The smallest absolute Gasteiger partial charge is 0.270 e. The fourth-order valence-electron chi connectivity index (χ4n) is 4.17. The van der Waals surface area contributed by atoms with Crippen LogP contribution in [-0.4, -0.2) is 76.3 Å². The number of hydrogen-bond donors (Lipinski definition) is 0. The molecule has 0 saturated carbocycles. The third-order valence-electron chi connectivity index (χ3n) is 5.94. The molecule has 0 aliphatic carbocycles. The molecular weight excluding hydrogens is 380 g/mol. The third kappa shape index (κ3) is 4.40. The van der Waals surface area contributed by atoms with E-state index in [0.717, 1.165) is 25.9 Å². The lowest BCUT2D eigenvalue weighted by Crippen LogP contribution is -2.51. The maximum atomic E-state index is 13.1. The van der Waals surface area contributed by atoms with E-state index >= 15 is 0 Å². The van der Waals surface area contributed by atoms with Crippen LogP contribution in [0.4, 0.5) is 0 Å². The van der Waals surface area contributed by atoms with Crippen LogP contribution in [0.2, 0.25) is 0 Å². The van der Waals surface area contributed by atoms with Gasteiger partial charge in [0, 0.05) is 51.0 Å². The van der Waals surface area contributed by atoms with Gasteiger partial charge >= 0.3 is 0 Å². The molecule has 1 aromatic carbocycles. The highest BCUT2D eigenvalue weighted by Crippen LogP contribution is 2.14. The molecule has 0 spiro atoms. The van der Waals surface area contributed by atoms with Crippen LogP contribution in [0.5, 0.6) is 0 Å². The molecular formula is C23H28N4O3. The summed E-state index contributed by atoms with van der Waals surface area (Å²) in [7, 11) is 0. The largest absolute Gasteiger partial charge is 0.341 e. The Labute approximate surface area is 176 Å². The van der Waals surface area contributed by atoms with Crippen LogP contribution in [0.1, 0.15) is 40.1 Å². The van der Waals surface area contributed by atoms with E-state index in [1.54, 1.807) is 26.6 Å². The average molecular weight is 409 g/mol. The molecule has 2 aliphatic rings. The van der Waals surface area contributed by atoms with Crippen molar-refractivity contribution in [2.24, 2.45) is 0 Å². The number of carbonyl (C=O) groups excluding carboxylic acids is 3. The Hall–Kier alpha value is -3.09. The van der Waals surface area contributed by atoms with E-state index in [-0.39, 0.29) is 24.3 Å². The topological polar surface area (TPSA) is 65.9 Å². The summed E-state index contributed by atoms with van der Waals surface area (Å²) in [4.78, 5) is 43.7. The Morgan fingerprint density at radius 2 is 1.30 bits per heavy atom. The van der Waals surface area contributed by atoms with Crippen molar-refractivity contribution in [3.63, 3.8) is 0 Å². The van der Waals surface area contributed by atoms with E-state index in [2.05, 4.69) is 0 Å². The number of likely N-dealkylation sites (tertiary alicyclic amines) is 1. The van der Waals surface area contributed by atoms with Crippen molar-refractivity contribution in [2.75, 3.05) is 39.3 Å². The highest BCUT2D eigenvalue weighted by Gasteiger charge is 2.27. The molecule has 2 aliphatic heterocycles. The second-order valence-corrected chi connectivity index (χ2v) is 7.91. The van der Waals surface area contributed by atoms with Crippen molar-refractivity contribution >= 4 is 17.7 Å². The lowest BCUT2D eigenvalue weighted by atomic mass is 10.1. The van der Waals surface area contributed by atoms with Crippen molar-refractivity contribution in [1.29, 1.82) is 0 Å². The first-order chi connectivity index (χ1) is 14.6. The fourth-order valence-corrected chi connectivity index (χ4v) is 4.17. The molecule has 30 heavy (non-hydrogen) atoms. The standard InChI is InChI=1S/C23H28N4O3/c28-21(24-11-5-2-6-12-24)18-27-13-7-10-20(27)23(30)26-16-14-25(15-17-26)22(29)19-8-3-1-4-9-19/h1,3-4,7-10,13H,2,5-6,11-12,14-18H2.